The number of ether oxygens (including phenoxy) is 1. The molecule has 4 rings (SSSR count). The minimum absolute atomic E-state index is 0.191. The summed E-state index contributed by atoms with van der Waals surface area (Å²) in [5.74, 6) is -1.45. The smallest absolute Gasteiger partial charge is 0.341 e. The summed E-state index contributed by atoms with van der Waals surface area (Å²) >= 11 is 0. The third kappa shape index (κ3) is 4.57. The highest BCUT2D eigenvalue weighted by Gasteiger charge is 2.16. The van der Waals surface area contributed by atoms with Gasteiger partial charge in [0.1, 0.15) is 11.3 Å². The summed E-state index contributed by atoms with van der Waals surface area (Å²) in [5, 5.41) is 5.15. The maximum Gasteiger partial charge on any atom is 0.341 e. The zero-order valence-corrected chi connectivity index (χ0v) is 18.0. The zero-order valence-electron chi connectivity index (χ0n) is 18.0. The number of carbonyl (C=O) groups is 3. The van der Waals surface area contributed by atoms with Crippen LogP contribution in [-0.4, -0.2) is 39.2 Å². The van der Waals surface area contributed by atoms with Crippen molar-refractivity contribution in [1.29, 1.82) is 0 Å². The van der Waals surface area contributed by atoms with E-state index in [1.165, 1.54) is 6.20 Å². The fourth-order valence-electron chi connectivity index (χ4n) is 3.28. The monoisotopic (exact) mass is 443 g/mol. The average molecular weight is 443 g/mol. The number of amides is 2. The molecule has 0 spiro atoms. The molecule has 0 radical (unpaired) electrons. The number of nitrogens with one attached hydrogen (secondary N) is 2. The number of nitrogens with zero attached hydrogens (tertiary/aromatic N) is 3. The SMILES string of the molecule is CCOC(=O)c1cnn(-c2ccc(C(=O)NNC(=O)c3ccc4ccccc4n3)cc2)c1C. The van der Waals surface area contributed by atoms with Gasteiger partial charge in [-0.1, -0.05) is 24.3 Å². The van der Waals surface area contributed by atoms with Crippen LogP contribution in [0.25, 0.3) is 16.6 Å². The number of hydrogen-bond donors (Lipinski definition) is 2. The third-order valence-electron chi connectivity index (χ3n) is 5.00. The first-order valence-electron chi connectivity index (χ1n) is 10.3. The minimum Gasteiger partial charge on any atom is -0.462 e. The summed E-state index contributed by atoms with van der Waals surface area (Å²) in [4.78, 5) is 41.1. The lowest BCUT2D eigenvalue weighted by atomic mass is 10.2. The first-order valence-corrected chi connectivity index (χ1v) is 10.3. The van der Waals surface area contributed by atoms with Crippen LogP contribution in [-0.2, 0) is 4.74 Å². The number of rotatable bonds is 5. The van der Waals surface area contributed by atoms with Crippen molar-refractivity contribution in [3.05, 3.63) is 89.4 Å². The summed E-state index contributed by atoms with van der Waals surface area (Å²) in [6, 6.07) is 17.4. The summed E-state index contributed by atoms with van der Waals surface area (Å²) in [6.07, 6.45) is 1.45. The van der Waals surface area contributed by atoms with E-state index in [0.717, 1.165) is 5.39 Å². The van der Waals surface area contributed by atoms with E-state index in [1.807, 2.05) is 24.3 Å². The van der Waals surface area contributed by atoms with E-state index < -0.39 is 17.8 Å². The van der Waals surface area contributed by atoms with Gasteiger partial charge in [0.2, 0.25) is 0 Å². The molecular formula is C24H21N5O4. The predicted molar refractivity (Wildman–Crippen MR) is 121 cm³/mol. The second-order valence-electron chi connectivity index (χ2n) is 7.12. The van der Waals surface area contributed by atoms with Gasteiger partial charge in [-0.2, -0.15) is 5.10 Å². The number of benzene rings is 2. The lowest BCUT2D eigenvalue weighted by molar-refractivity contribution is 0.0525. The number of para-hydroxylation sites is 1. The van der Waals surface area contributed by atoms with Crippen LogP contribution in [0.5, 0.6) is 0 Å². The molecule has 0 bridgehead atoms. The van der Waals surface area contributed by atoms with Gasteiger partial charge in [0.15, 0.2) is 0 Å². The second kappa shape index (κ2) is 9.31. The number of fused-ring (bicyclic) bond motifs is 1. The molecule has 2 amide bonds. The van der Waals surface area contributed by atoms with Crippen LogP contribution in [0.15, 0.2) is 66.9 Å². The van der Waals surface area contributed by atoms with E-state index in [9.17, 15) is 14.4 Å². The molecule has 33 heavy (non-hydrogen) atoms. The molecule has 2 heterocycles. The molecule has 0 aliphatic rings. The largest absolute Gasteiger partial charge is 0.462 e. The van der Waals surface area contributed by atoms with Crippen molar-refractivity contribution in [3.8, 4) is 5.69 Å². The Morgan fingerprint density at radius 2 is 1.67 bits per heavy atom. The van der Waals surface area contributed by atoms with Gasteiger partial charge in [0.05, 0.1) is 29.7 Å². The normalized spacial score (nSPS) is 10.6. The zero-order chi connectivity index (χ0) is 23.4. The Bertz CT molecular complexity index is 1340. The highest BCUT2D eigenvalue weighted by atomic mass is 16.5. The van der Waals surface area contributed by atoms with Crippen LogP contribution in [0.1, 0.15) is 43.8 Å². The lowest BCUT2D eigenvalue weighted by Crippen LogP contribution is -2.41. The number of esters is 1. The molecule has 0 aliphatic heterocycles. The van der Waals surface area contributed by atoms with E-state index in [1.54, 1.807) is 54.9 Å². The van der Waals surface area contributed by atoms with E-state index in [0.29, 0.717) is 28.0 Å². The highest BCUT2D eigenvalue weighted by Crippen LogP contribution is 2.16. The molecule has 4 aromatic rings. The predicted octanol–water partition coefficient (Wildman–Crippen LogP) is 2.98. The molecule has 0 aliphatic carbocycles. The minimum atomic E-state index is -0.524. The maximum atomic E-state index is 12.4. The number of hydrazine groups is 1. The van der Waals surface area contributed by atoms with Gasteiger partial charge in [-0.05, 0) is 50.2 Å². The van der Waals surface area contributed by atoms with Gasteiger partial charge in [0.25, 0.3) is 11.8 Å². The fraction of sp³-hybridized carbons (Fsp3) is 0.125. The molecule has 2 aromatic carbocycles. The molecule has 0 unspecified atom stereocenters. The third-order valence-corrected chi connectivity index (χ3v) is 5.00. The number of pyridine rings is 1. The van der Waals surface area contributed by atoms with Crippen molar-refractivity contribution < 1.29 is 19.1 Å². The average Bonchev–Trinajstić information content (AvgIpc) is 3.23. The van der Waals surface area contributed by atoms with Gasteiger partial charge in [0, 0.05) is 10.9 Å². The van der Waals surface area contributed by atoms with Gasteiger partial charge in [-0.15, -0.1) is 0 Å². The molecule has 0 fully saturated rings. The van der Waals surface area contributed by atoms with Crippen molar-refractivity contribution in [2.75, 3.05) is 6.61 Å². The van der Waals surface area contributed by atoms with Gasteiger partial charge >= 0.3 is 5.97 Å². The lowest BCUT2D eigenvalue weighted by Gasteiger charge is -2.09. The molecule has 0 atom stereocenters. The van der Waals surface area contributed by atoms with Gasteiger partial charge in [-0.25, -0.2) is 14.5 Å². The fourth-order valence-corrected chi connectivity index (χ4v) is 3.28. The van der Waals surface area contributed by atoms with Crippen LogP contribution in [0.2, 0.25) is 0 Å². The topological polar surface area (TPSA) is 115 Å². The Kier molecular flexibility index (Phi) is 6.12. The standard InChI is InChI=1S/C24H21N5O4/c1-3-33-24(32)19-14-25-29(15(19)2)18-11-8-17(9-12-18)22(30)27-28-23(31)21-13-10-16-6-4-5-7-20(16)26-21/h4-14H,3H2,1-2H3,(H,27,30)(H,28,31). The second-order valence-corrected chi connectivity index (χ2v) is 7.12. The van der Waals surface area contributed by atoms with Crippen molar-refractivity contribution in [2.24, 2.45) is 0 Å². The number of aromatic nitrogens is 3. The first-order chi connectivity index (χ1) is 16.0. The van der Waals surface area contributed by atoms with Crippen molar-refractivity contribution in [3.63, 3.8) is 0 Å². The van der Waals surface area contributed by atoms with E-state index in [4.69, 9.17) is 4.74 Å². The Hall–Kier alpha value is -4.53. The highest BCUT2D eigenvalue weighted by molar-refractivity contribution is 5.99. The van der Waals surface area contributed by atoms with Crippen molar-refractivity contribution in [1.82, 2.24) is 25.6 Å². The Morgan fingerprint density at radius 3 is 2.42 bits per heavy atom. The maximum absolute atomic E-state index is 12.4. The molecule has 9 heteroatoms. The van der Waals surface area contributed by atoms with Crippen LogP contribution >= 0.6 is 0 Å². The summed E-state index contributed by atoms with van der Waals surface area (Å²) in [7, 11) is 0. The molecule has 2 aromatic heterocycles. The van der Waals surface area contributed by atoms with Crippen molar-refractivity contribution in [2.45, 2.75) is 13.8 Å². The van der Waals surface area contributed by atoms with Gasteiger partial charge < -0.3 is 4.74 Å². The van der Waals surface area contributed by atoms with Crippen LogP contribution in [0.4, 0.5) is 0 Å². The summed E-state index contributed by atoms with van der Waals surface area (Å²) in [5.41, 5.74) is 7.65. The summed E-state index contributed by atoms with van der Waals surface area (Å²) in [6.45, 7) is 3.78. The van der Waals surface area contributed by atoms with E-state index in [2.05, 4.69) is 20.9 Å². The number of carbonyl (C=O) groups excluding carboxylic acids is 3. The molecular weight excluding hydrogens is 422 g/mol. The van der Waals surface area contributed by atoms with E-state index in [-0.39, 0.29) is 12.3 Å². The van der Waals surface area contributed by atoms with Crippen LogP contribution in [0.3, 0.4) is 0 Å². The first kappa shape index (κ1) is 21.7. The Morgan fingerprint density at radius 1 is 0.939 bits per heavy atom. The Balaban J connectivity index is 1.41. The van der Waals surface area contributed by atoms with Gasteiger partial charge in [-0.3, -0.25) is 20.4 Å². The summed E-state index contributed by atoms with van der Waals surface area (Å²) < 4.78 is 6.61. The molecule has 9 nitrogen and oxygen atoms in total. The van der Waals surface area contributed by atoms with E-state index >= 15 is 0 Å². The number of hydrogen-bond acceptors (Lipinski definition) is 6. The van der Waals surface area contributed by atoms with Crippen molar-refractivity contribution >= 4 is 28.7 Å². The van der Waals surface area contributed by atoms with Crippen LogP contribution in [0, 0.1) is 6.92 Å². The molecule has 0 saturated carbocycles. The molecule has 166 valence electrons. The Labute approximate surface area is 189 Å². The molecule has 2 N–H and O–H groups in total. The quantitative estimate of drug-likeness (QED) is 0.362. The van der Waals surface area contributed by atoms with Crippen LogP contribution < -0.4 is 10.9 Å². The molecule has 0 saturated heterocycles.